The molecule has 0 fully saturated rings. The van der Waals surface area contributed by atoms with Crippen molar-refractivity contribution < 1.29 is 0 Å². The molecule has 2 rings (SSSR count). The molecule has 0 radical (unpaired) electrons. The zero-order chi connectivity index (χ0) is 12.1. The first-order chi connectivity index (χ1) is 8.29. The minimum Gasteiger partial charge on any atom is -0.370 e. The van der Waals surface area contributed by atoms with Crippen LogP contribution < -0.4 is 5.32 Å². The molecule has 2 aromatic rings. The molecule has 2 heterocycles. The number of hydrogen-bond donors (Lipinski definition) is 1. The molecule has 0 saturated carbocycles. The van der Waals surface area contributed by atoms with Crippen LogP contribution in [0.2, 0.25) is 0 Å². The predicted octanol–water partition coefficient (Wildman–Crippen LogP) is 1.43. The van der Waals surface area contributed by atoms with Crippen LogP contribution >= 0.6 is 0 Å². The van der Waals surface area contributed by atoms with Gasteiger partial charge in [-0.2, -0.15) is 5.10 Å². The number of anilines is 1. The van der Waals surface area contributed by atoms with Gasteiger partial charge in [0.1, 0.15) is 12.1 Å². The third-order valence-corrected chi connectivity index (χ3v) is 2.70. The summed E-state index contributed by atoms with van der Waals surface area (Å²) >= 11 is 0. The molecule has 0 aromatic carbocycles. The Kier molecular flexibility index (Phi) is 3.69. The van der Waals surface area contributed by atoms with E-state index in [9.17, 15) is 0 Å². The zero-order valence-corrected chi connectivity index (χ0v) is 10.2. The topological polar surface area (TPSA) is 55.6 Å². The number of nitrogens with one attached hydrogen (secondary N) is 1. The highest BCUT2D eigenvalue weighted by molar-refractivity contribution is 5.34. The summed E-state index contributed by atoms with van der Waals surface area (Å²) < 4.78 is 1.89. The van der Waals surface area contributed by atoms with Crippen LogP contribution in [-0.2, 0) is 19.9 Å². The van der Waals surface area contributed by atoms with Crippen molar-refractivity contribution in [2.24, 2.45) is 7.05 Å². The van der Waals surface area contributed by atoms with Crippen molar-refractivity contribution in [2.75, 3.05) is 11.9 Å². The number of aryl methyl sites for hydroxylation is 2. The molecule has 0 bridgehead atoms. The van der Waals surface area contributed by atoms with Crippen LogP contribution in [0.1, 0.15) is 18.3 Å². The van der Waals surface area contributed by atoms with E-state index in [1.54, 1.807) is 6.33 Å². The molecule has 0 aliphatic rings. The van der Waals surface area contributed by atoms with E-state index in [1.807, 2.05) is 30.1 Å². The van der Waals surface area contributed by atoms with Crippen molar-refractivity contribution in [3.8, 4) is 0 Å². The van der Waals surface area contributed by atoms with Crippen LogP contribution in [-0.4, -0.2) is 26.3 Å². The Morgan fingerprint density at radius 3 is 2.94 bits per heavy atom. The Balaban J connectivity index is 1.87. The minimum absolute atomic E-state index is 0.847. The van der Waals surface area contributed by atoms with Gasteiger partial charge >= 0.3 is 0 Å². The maximum atomic E-state index is 4.18. The predicted molar refractivity (Wildman–Crippen MR) is 66.8 cm³/mol. The van der Waals surface area contributed by atoms with Gasteiger partial charge in [0.15, 0.2) is 0 Å². The zero-order valence-electron chi connectivity index (χ0n) is 10.2. The summed E-state index contributed by atoms with van der Waals surface area (Å²) in [5.41, 5.74) is 2.27. The summed E-state index contributed by atoms with van der Waals surface area (Å²) in [5, 5.41) is 7.43. The smallest absolute Gasteiger partial charge is 0.129 e. The van der Waals surface area contributed by atoms with Crippen LogP contribution in [0.4, 0.5) is 5.82 Å². The standard InChI is InChI=1S/C12H17N5/c1-3-10-8-12(15-9-14-10)13-6-4-11-5-7-16-17(11)2/h5,7-9H,3-4,6H2,1-2H3,(H,13,14,15). The fourth-order valence-corrected chi connectivity index (χ4v) is 1.65. The second-order valence-electron chi connectivity index (χ2n) is 3.87. The lowest BCUT2D eigenvalue weighted by atomic mass is 10.3. The molecule has 0 spiro atoms. The van der Waals surface area contributed by atoms with E-state index in [1.165, 1.54) is 5.69 Å². The Morgan fingerprint density at radius 2 is 2.24 bits per heavy atom. The first-order valence-electron chi connectivity index (χ1n) is 5.81. The van der Waals surface area contributed by atoms with E-state index in [2.05, 4.69) is 27.3 Å². The molecular formula is C12H17N5. The van der Waals surface area contributed by atoms with Gasteiger partial charge in [0.05, 0.1) is 0 Å². The van der Waals surface area contributed by atoms with Crippen LogP contribution in [0.15, 0.2) is 24.7 Å². The van der Waals surface area contributed by atoms with Crippen molar-refractivity contribution >= 4 is 5.82 Å². The van der Waals surface area contributed by atoms with Crippen molar-refractivity contribution in [1.82, 2.24) is 19.7 Å². The lowest BCUT2D eigenvalue weighted by Gasteiger charge is -2.06. The van der Waals surface area contributed by atoms with E-state index in [0.717, 1.165) is 30.9 Å². The Morgan fingerprint density at radius 1 is 1.35 bits per heavy atom. The highest BCUT2D eigenvalue weighted by atomic mass is 15.3. The van der Waals surface area contributed by atoms with Crippen LogP contribution in [0.3, 0.4) is 0 Å². The van der Waals surface area contributed by atoms with Crippen molar-refractivity contribution in [1.29, 1.82) is 0 Å². The summed E-state index contributed by atoms with van der Waals surface area (Å²) in [6, 6.07) is 4.02. The molecule has 90 valence electrons. The highest BCUT2D eigenvalue weighted by Crippen LogP contribution is 2.05. The summed E-state index contributed by atoms with van der Waals surface area (Å²) in [6.07, 6.45) is 5.28. The lowest BCUT2D eigenvalue weighted by molar-refractivity contribution is 0.711. The third kappa shape index (κ3) is 3.03. The van der Waals surface area contributed by atoms with E-state index in [4.69, 9.17) is 0 Å². The molecule has 0 atom stereocenters. The molecular weight excluding hydrogens is 214 g/mol. The molecule has 0 aliphatic heterocycles. The van der Waals surface area contributed by atoms with Gasteiger partial charge in [-0.3, -0.25) is 4.68 Å². The van der Waals surface area contributed by atoms with E-state index in [-0.39, 0.29) is 0 Å². The van der Waals surface area contributed by atoms with Gasteiger partial charge in [-0.05, 0) is 12.5 Å². The number of rotatable bonds is 5. The average molecular weight is 231 g/mol. The van der Waals surface area contributed by atoms with Crippen molar-refractivity contribution in [3.05, 3.63) is 36.0 Å². The molecule has 0 aliphatic carbocycles. The number of hydrogen-bond acceptors (Lipinski definition) is 4. The van der Waals surface area contributed by atoms with Gasteiger partial charge in [-0.1, -0.05) is 6.92 Å². The average Bonchev–Trinajstić information content (AvgIpc) is 2.76. The Hall–Kier alpha value is -1.91. The number of nitrogens with zero attached hydrogens (tertiary/aromatic N) is 4. The fourth-order valence-electron chi connectivity index (χ4n) is 1.65. The number of aromatic nitrogens is 4. The van der Waals surface area contributed by atoms with Crippen molar-refractivity contribution in [3.63, 3.8) is 0 Å². The van der Waals surface area contributed by atoms with Gasteiger partial charge in [-0.25, -0.2) is 9.97 Å². The largest absolute Gasteiger partial charge is 0.370 e. The summed E-state index contributed by atoms with van der Waals surface area (Å²) in [5.74, 6) is 0.888. The second kappa shape index (κ2) is 5.43. The summed E-state index contributed by atoms with van der Waals surface area (Å²) in [6.45, 7) is 2.93. The lowest BCUT2D eigenvalue weighted by Crippen LogP contribution is -2.09. The minimum atomic E-state index is 0.847. The fraction of sp³-hybridized carbons (Fsp3) is 0.417. The monoisotopic (exact) mass is 231 g/mol. The maximum absolute atomic E-state index is 4.18. The Bertz CT molecular complexity index is 477. The molecule has 0 saturated heterocycles. The third-order valence-electron chi connectivity index (χ3n) is 2.70. The first kappa shape index (κ1) is 11.6. The SMILES string of the molecule is CCc1cc(NCCc2ccnn2C)ncn1. The van der Waals surface area contributed by atoms with Gasteiger partial charge in [0.25, 0.3) is 0 Å². The van der Waals surface area contributed by atoms with Crippen LogP contribution in [0, 0.1) is 0 Å². The van der Waals surface area contributed by atoms with Crippen LogP contribution in [0.5, 0.6) is 0 Å². The molecule has 17 heavy (non-hydrogen) atoms. The molecule has 2 aromatic heterocycles. The second-order valence-corrected chi connectivity index (χ2v) is 3.87. The molecule has 0 unspecified atom stereocenters. The van der Waals surface area contributed by atoms with Gasteiger partial charge in [-0.15, -0.1) is 0 Å². The summed E-state index contributed by atoms with van der Waals surface area (Å²) in [7, 11) is 1.95. The highest BCUT2D eigenvalue weighted by Gasteiger charge is 1.99. The quantitative estimate of drug-likeness (QED) is 0.845. The molecule has 5 heteroatoms. The molecule has 0 amide bonds. The van der Waals surface area contributed by atoms with E-state index < -0.39 is 0 Å². The van der Waals surface area contributed by atoms with Crippen molar-refractivity contribution in [2.45, 2.75) is 19.8 Å². The molecule has 1 N–H and O–H groups in total. The molecule has 5 nitrogen and oxygen atoms in total. The van der Waals surface area contributed by atoms with E-state index >= 15 is 0 Å². The van der Waals surface area contributed by atoms with E-state index in [0.29, 0.717) is 0 Å². The van der Waals surface area contributed by atoms with Gasteiger partial charge in [0, 0.05) is 43.7 Å². The summed E-state index contributed by atoms with van der Waals surface area (Å²) in [4.78, 5) is 8.35. The maximum Gasteiger partial charge on any atom is 0.129 e. The first-order valence-corrected chi connectivity index (χ1v) is 5.81. The Labute approximate surface area is 101 Å². The normalized spacial score (nSPS) is 10.5. The van der Waals surface area contributed by atoms with Gasteiger partial charge < -0.3 is 5.32 Å². The van der Waals surface area contributed by atoms with Crippen LogP contribution in [0.25, 0.3) is 0 Å². The van der Waals surface area contributed by atoms with Gasteiger partial charge in [0.2, 0.25) is 0 Å².